The fourth-order valence-corrected chi connectivity index (χ4v) is 6.27. The van der Waals surface area contributed by atoms with E-state index in [1.165, 1.54) is 38.5 Å². The smallest absolute Gasteiger partial charge is 0.224 e. The molecule has 7 heteroatoms. The average molecular weight is 638 g/mol. The standard InChI is InChI=1S/C38H59NO5Si/c1-8-10-11-12-13-14-15-22-28-41-36-34(39-33(30-23-18-16-19-24-30)31-25-20-17-21-26-31)37(42-27-9-2)44-32(35(36)40)29-43-45(6,7)38(3,4)5/h9,16-21,23-27,32,34-37,40H,8,10-15,22,28-29H2,1-7H3/b27-9-/t32-,34-,35-,36-,37+/m1/s1. The maximum Gasteiger partial charge on any atom is 0.224 e. The summed E-state index contributed by atoms with van der Waals surface area (Å²) in [4.78, 5) is 5.30. The number of aliphatic imine (C=N–C) groups is 1. The van der Waals surface area contributed by atoms with Crippen molar-refractivity contribution < 1.29 is 23.7 Å². The largest absolute Gasteiger partial charge is 0.470 e. The van der Waals surface area contributed by atoms with Crippen LogP contribution in [0.15, 0.2) is 78.0 Å². The fraction of sp³-hybridized carbons (Fsp3) is 0.605. The van der Waals surface area contributed by atoms with E-state index in [0.29, 0.717) is 6.61 Å². The quantitative estimate of drug-likeness (QED) is 0.0764. The Morgan fingerprint density at radius 2 is 1.44 bits per heavy atom. The summed E-state index contributed by atoms with van der Waals surface area (Å²) in [5.41, 5.74) is 2.77. The predicted octanol–water partition coefficient (Wildman–Crippen LogP) is 9.08. The minimum absolute atomic E-state index is 0.0347. The summed E-state index contributed by atoms with van der Waals surface area (Å²) in [7, 11) is -2.09. The third kappa shape index (κ3) is 11.5. The summed E-state index contributed by atoms with van der Waals surface area (Å²) >= 11 is 0. The molecule has 0 aliphatic carbocycles. The number of aliphatic hydroxyl groups excluding tert-OH is 1. The van der Waals surface area contributed by atoms with Crippen molar-refractivity contribution in [2.24, 2.45) is 4.99 Å². The van der Waals surface area contributed by atoms with Crippen LogP contribution in [0.3, 0.4) is 0 Å². The van der Waals surface area contributed by atoms with Gasteiger partial charge in [-0.25, -0.2) is 0 Å². The molecule has 5 atom stereocenters. The normalized spacial score (nSPS) is 22.4. The molecule has 250 valence electrons. The van der Waals surface area contributed by atoms with E-state index in [1.54, 1.807) is 6.26 Å². The zero-order chi connectivity index (χ0) is 32.7. The van der Waals surface area contributed by atoms with Crippen LogP contribution >= 0.6 is 0 Å². The van der Waals surface area contributed by atoms with Gasteiger partial charge in [0.2, 0.25) is 6.29 Å². The first-order valence-corrected chi connectivity index (χ1v) is 20.0. The third-order valence-electron chi connectivity index (χ3n) is 9.09. The van der Waals surface area contributed by atoms with Crippen molar-refractivity contribution in [3.8, 4) is 0 Å². The van der Waals surface area contributed by atoms with E-state index in [1.807, 2.05) is 49.4 Å². The fourth-order valence-electron chi connectivity index (χ4n) is 5.26. The molecule has 0 aromatic heterocycles. The van der Waals surface area contributed by atoms with Crippen LogP contribution in [0, 0.1) is 0 Å². The Labute approximate surface area is 274 Å². The Bertz CT molecular complexity index is 1110. The van der Waals surface area contributed by atoms with E-state index < -0.39 is 39.0 Å². The van der Waals surface area contributed by atoms with Crippen LogP contribution in [0.2, 0.25) is 18.1 Å². The lowest BCUT2D eigenvalue weighted by Gasteiger charge is -2.44. The lowest BCUT2D eigenvalue weighted by molar-refractivity contribution is -0.257. The second-order valence-corrected chi connectivity index (χ2v) is 18.5. The predicted molar refractivity (Wildman–Crippen MR) is 188 cm³/mol. The summed E-state index contributed by atoms with van der Waals surface area (Å²) < 4.78 is 25.8. The van der Waals surface area contributed by atoms with Crippen LogP contribution in [0.4, 0.5) is 0 Å². The molecule has 1 saturated heterocycles. The summed E-state index contributed by atoms with van der Waals surface area (Å²) in [6, 6.07) is 19.7. The SMILES string of the molecule is C/C=C\O[C@H]1O[C@H](CO[Si](C)(C)C(C)(C)C)[C@@H](O)[C@H](OCCCCCCCCCC)[C@H]1N=C(c1ccccc1)c1ccccc1. The van der Waals surface area contributed by atoms with E-state index in [-0.39, 0.29) is 11.6 Å². The van der Waals surface area contributed by atoms with Gasteiger partial charge in [0.1, 0.15) is 24.4 Å². The summed E-state index contributed by atoms with van der Waals surface area (Å²) in [6.45, 7) is 16.0. The number of hydrogen-bond acceptors (Lipinski definition) is 6. The highest BCUT2D eigenvalue weighted by Gasteiger charge is 2.48. The van der Waals surface area contributed by atoms with Gasteiger partial charge in [0.25, 0.3) is 0 Å². The number of aliphatic hydroxyl groups is 1. The molecule has 1 fully saturated rings. The Hall–Kier alpha value is -2.29. The number of benzene rings is 2. The van der Waals surface area contributed by atoms with Crippen molar-refractivity contribution in [2.75, 3.05) is 13.2 Å². The van der Waals surface area contributed by atoms with E-state index in [4.69, 9.17) is 23.6 Å². The molecule has 1 heterocycles. The van der Waals surface area contributed by atoms with Gasteiger partial charge in [0.05, 0.1) is 18.6 Å². The van der Waals surface area contributed by atoms with Crippen molar-refractivity contribution in [1.29, 1.82) is 0 Å². The molecule has 0 unspecified atom stereocenters. The molecule has 0 bridgehead atoms. The molecule has 0 saturated carbocycles. The highest BCUT2D eigenvalue weighted by molar-refractivity contribution is 6.74. The van der Waals surface area contributed by atoms with Crippen molar-refractivity contribution in [3.05, 3.63) is 84.1 Å². The lowest BCUT2D eigenvalue weighted by Crippen LogP contribution is -2.60. The van der Waals surface area contributed by atoms with Gasteiger partial charge >= 0.3 is 0 Å². The molecule has 1 aliphatic heterocycles. The maximum absolute atomic E-state index is 11.9. The van der Waals surface area contributed by atoms with Gasteiger partial charge in [-0.3, -0.25) is 4.99 Å². The van der Waals surface area contributed by atoms with Crippen LogP contribution in [-0.4, -0.2) is 63.0 Å². The van der Waals surface area contributed by atoms with Crippen LogP contribution in [-0.2, 0) is 18.6 Å². The van der Waals surface area contributed by atoms with Crippen molar-refractivity contribution >= 4 is 14.0 Å². The molecule has 45 heavy (non-hydrogen) atoms. The lowest BCUT2D eigenvalue weighted by atomic mass is 9.95. The Balaban J connectivity index is 1.91. The zero-order valence-corrected chi connectivity index (χ0v) is 29.9. The number of rotatable bonds is 18. The van der Waals surface area contributed by atoms with E-state index in [9.17, 15) is 5.11 Å². The Morgan fingerprint density at radius 1 is 0.889 bits per heavy atom. The molecule has 1 aliphatic rings. The van der Waals surface area contributed by atoms with E-state index in [2.05, 4.69) is 65.1 Å². The van der Waals surface area contributed by atoms with Crippen molar-refractivity contribution in [3.63, 3.8) is 0 Å². The van der Waals surface area contributed by atoms with Crippen LogP contribution < -0.4 is 0 Å². The van der Waals surface area contributed by atoms with Gasteiger partial charge in [0.15, 0.2) is 8.32 Å². The molecule has 0 radical (unpaired) electrons. The van der Waals surface area contributed by atoms with E-state index >= 15 is 0 Å². The van der Waals surface area contributed by atoms with Crippen molar-refractivity contribution in [1.82, 2.24) is 0 Å². The molecular weight excluding hydrogens is 579 g/mol. The first-order chi connectivity index (χ1) is 21.6. The third-order valence-corrected chi connectivity index (χ3v) is 13.6. The average Bonchev–Trinajstić information content (AvgIpc) is 3.03. The Kier molecular flexibility index (Phi) is 15.5. The van der Waals surface area contributed by atoms with Gasteiger partial charge < -0.3 is 23.7 Å². The minimum atomic E-state index is -2.09. The van der Waals surface area contributed by atoms with Crippen LogP contribution in [0.25, 0.3) is 0 Å². The molecule has 0 amide bonds. The number of nitrogens with zero attached hydrogens (tertiary/aromatic N) is 1. The zero-order valence-electron chi connectivity index (χ0n) is 28.9. The number of unbranched alkanes of at least 4 members (excludes halogenated alkanes) is 7. The van der Waals surface area contributed by atoms with Gasteiger partial charge in [-0.2, -0.15) is 0 Å². The molecule has 1 N–H and O–H groups in total. The van der Waals surface area contributed by atoms with Crippen molar-refractivity contribution in [2.45, 2.75) is 135 Å². The summed E-state index contributed by atoms with van der Waals surface area (Å²) in [6.07, 6.45) is 10.2. The molecule has 0 spiro atoms. The Morgan fingerprint density at radius 3 is 1.98 bits per heavy atom. The van der Waals surface area contributed by atoms with Gasteiger partial charge in [-0.05, 0) is 31.5 Å². The highest BCUT2D eigenvalue weighted by atomic mass is 28.4. The second-order valence-electron chi connectivity index (χ2n) is 13.7. The second kappa shape index (κ2) is 18.8. The maximum atomic E-state index is 11.9. The highest BCUT2D eigenvalue weighted by Crippen LogP contribution is 2.37. The number of allylic oxidation sites excluding steroid dienone is 1. The van der Waals surface area contributed by atoms with Gasteiger partial charge in [-0.15, -0.1) is 0 Å². The van der Waals surface area contributed by atoms with Gasteiger partial charge in [0, 0.05) is 17.7 Å². The molecule has 2 aromatic carbocycles. The van der Waals surface area contributed by atoms with E-state index in [0.717, 1.165) is 29.7 Å². The summed E-state index contributed by atoms with van der Waals surface area (Å²) in [5.74, 6) is 0. The molecule has 2 aromatic rings. The van der Waals surface area contributed by atoms with Gasteiger partial charge in [-0.1, -0.05) is 139 Å². The molecular formula is C38H59NO5Si. The molecule has 3 rings (SSSR count). The number of hydrogen-bond donors (Lipinski definition) is 1. The first-order valence-electron chi connectivity index (χ1n) is 17.1. The van der Waals surface area contributed by atoms with Crippen LogP contribution in [0.1, 0.15) is 97.1 Å². The molecule has 6 nitrogen and oxygen atoms in total. The first kappa shape index (κ1) is 37.2. The topological polar surface area (TPSA) is 69.5 Å². The van der Waals surface area contributed by atoms with Crippen LogP contribution in [0.5, 0.6) is 0 Å². The number of ether oxygens (including phenoxy) is 3. The summed E-state index contributed by atoms with van der Waals surface area (Å²) in [5, 5.41) is 11.9. The monoisotopic (exact) mass is 637 g/mol. The minimum Gasteiger partial charge on any atom is -0.470 e.